The molecule has 3 nitrogen and oxygen atoms in total. The second-order valence-corrected chi connectivity index (χ2v) is 4.80. The highest BCUT2D eigenvalue weighted by Crippen LogP contribution is 2.28. The minimum Gasteiger partial charge on any atom is -0.271 e. The quantitative estimate of drug-likeness (QED) is 0.651. The van der Waals surface area contributed by atoms with Crippen LogP contribution in [0.2, 0.25) is 0 Å². The summed E-state index contributed by atoms with van der Waals surface area (Å²) in [5.41, 5.74) is 7.04. The Morgan fingerprint density at radius 3 is 2.71 bits per heavy atom. The van der Waals surface area contributed by atoms with Crippen molar-refractivity contribution in [2.45, 2.75) is 19.9 Å². The minimum atomic E-state index is -0.203. The van der Waals surface area contributed by atoms with Crippen molar-refractivity contribution in [2.75, 3.05) is 0 Å². The van der Waals surface area contributed by atoms with Gasteiger partial charge in [0.15, 0.2) is 0 Å². The first-order valence-corrected chi connectivity index (χ1v) is 6.13. The van der Waals surface area contributed by atoms with E-state index in [1.165, 1.54) is 17.4 Å². The maximum atomic E-state index is 13.2. The highest BCUT2D eigenvalue weighted by molar-refractivity contribution is 7.09. The van der Waals surface area contributed by atoms with Gasteiger partial charge in [-0.3, -0.25) is 5.84 Å². The number of hydrogen-bond acceptors (Lipinski definition) is 4. The van der Waals surface area contributed by atoms with E-state index in [1.54, 1.807) is 24.6 Å². The third-order valence-corrected chi connectivity index (χ3v) is 3.72. The molecule has 2 rings (SSSR count). The van der Waals surface area contributed by atoms with E-state index in [1.807, 2.05) is 6.92 Å². The van der Waals surface area contributed by atoms with Crippen LogP contribution in [0.5, 0.6) is 0 Å². The fraction of sp³-hybridized carbons (Fsp3) is 0.250. The van der Waals surface area contributed by atoms with Gasteiger partial charge in [0.1, 0.15) is 5.82 Å². The van der Waals surface area contributed by atoms with Gasteiger partial charge in [-0.05, 0) is 31.0 Å². The summed E-state index contributed by atoms with van der Waals surface area (Å²) in [6.45, 7) is 3.68. The summed E-state index contributed by atoms with van der Waals surface area (Å²) in [5.74, 6) is 5.38. The van der Waals surface area contributed by atoms with Gasteiger partial charge in [-0.2, -0.15) is 0 Å². The van der Waals surface area contributed by atoms with Gasteiger partial charge in [0.25, 0.3) is 0 Å². The Balaban J connectivity index is 2.42. The van der Waals surface area contributed by atoms with Crippen LogP contribution in [0, 0.1) is 19.7 Å². The minimum absolute atomic E-state index is 0.137. The van der Waals surface area contributed by atoms with Crippen molar-refractivity contribution in [3.05, 3.63) is 51.2 Å². The average molecular weight is 251 g/mol. The molecule has 0 aliphatic carbocycles. The molecule has 0 bridgehead atoms. The molecular weight excluding hydrogens is 237 g/mol. The topological polar surface area (TPSA) is 50.9 Å². The number of hydrazine groups is 1. The molecule has 0 saturated carbocycles. The van der Waals surface area contributed by atoms with E-state index >= 15 is 0 Å². The third kappa shape index (κ3) is 2.36. The predicted molar refractivity (Wildman–Crippen MR) is 67.2 cm³/mol. The fourth-order valence-corrected chi connectivity index (χ4v) is 2.65. The number of nitrogens with two attached hydrogens (primary N) is 1. The molecule has 0 amide bonds. The monoisotopic (exact) mass is 251 g/mol. The lowest BCUT2D eigenvalue weighted by Crippen LogP contribution is -2.28. The number of thiazole rings is 1. The number of benzene rings is 1. The first-order chi connectivity index (χ1) is 8.13. The summed E-state index contributed by atoms with van der Waals surface area (Å²) in [6.07, 6.45) is 0. The Hall–Kier alpha value is -1.30. The number of nitrogens with zero attached hydrogens (tertiary/aromatic N) is 1. The highest BCUT2D eigenvalue weighted by Gasteiger charge is 2.17. The molecule has 1 atom stereocenters. The first kappa shape index (κ1) is 12.2. The largest absolute Gasteiger partial charge is 0.271 e. The van der Waals surface area contributed by atoms with Gasteiger partial charge >= 0.3 is 0 Å². The maximum absolute atomic E-state index is 13.2. The summed E-state index contributed by atoms with van der Waals surface area (Å²) in [4.78, 5) is 5.25. The molecule has 1 unspecified atom stereocenters. The Morgan fingerprint density at radius 1 is 1.41 bits per heavy atom. The smallest absolute Gasteiger partial charge is 0.126 e. The number of halogens is 1. The predicted octanol–water partition coefficient (Wildman–Crippen LogP) is 2.45. The SMILES string of the molecule is Cc1cc(C(NN)c2scnc2C)ccc1F. The van der Waals surface area contributed by atoms with Crippen LogP contribution in [0.1, 0.15) is 27.7 Å². The molecule has 0 aliphatic heterocycles. The lowest BCUT2D eigenvalue weighted by molar-refractivity contribution is 0.609. The van der Waals surface area contributed by atoms with E-state index in [4.69, 9.17) is 5.84 Å². The summed E-state index contributed by atoms with van der Waals surface area (Å²) < 4.78 is 13.2. The van der Waals surface area contributed by atoms with Crippen LogP contribution in [0.25, 0.3) is 0 Å². The Kier molecular flexibility index (Phi) is 3.51. The van der Waals surface area contributed by atoms with Gasteiger partial charge in [0.2, 0.25) is 0 Å². The molecule has 5 heteroatoms. The van der Waals surface area contributed by atoms with Crippen LogP contribution in [0.3, 0.4) is 0 Å². The van der Waals surface area contributed by atoms with E-state index < -0.39 is 0 Å². The van der Waals surface area contributed by atoms with Crippen LogP contribution in [-0.4, -0.2) is 4.98 Å². The molecule has 0 spiro atoms. The molecule has 1 heterocycles. The van der Waals surface area contributed by atoms with Gasteiger partial charge in [-0.15, -0.1) is 11.3 Å². The molecule has 2 aromatic rings. The molecule has 17 heavy (non-hydrogen) atoms. The van der Waals surface area contributed by atoms with E-state index in [0.29, 0.717) is 5.56 Å². The molecule has 1 aromatic heterocycles. The Bertz CT molecular complexity index is 524. The van der Waals surface area contributed by atoms with Crippen molar-refractivity contribution in [3.8, 4) is 0 Å². The molecule has 90 valence electrons. The van der Waals surface area contributed by atoms with Crippen LogP contribution < -0.4 is 11.3 Å². The Morgan fingerprint density at radius 2 is 2.18 bits per heavy atom. The third-order valence-electron chi connectivity index (χ3n) is 2.73. The van der Waals surface area contributed by atoms with Crippen molar-refractivity contribution in [3.63, 3.8) is 0 Å². The van der Waals surface area contributed by atoms with Crippen molar-refractivity contribution in [1.82, 2.24) is 10.4 Å². The van der Waals surface area contributed by atoms with E-state index in [9.17, 15) is 4.39 Å². The lowest BCUT2D eigenvalue weighted by Gasteiger charge is -2.16. The maximum Gasteiger partial charge on any atom is 0.126 e. The van der Waals surface area contributed by atoms with Gasteiger partial charge < -0.3 is 0 Å². The van der Waals surface area contributed by atoms with Gasteiger partial charge in [0, 0.05) is 0 Å². The summed E-state index contributed by atoms with van der Waals surface area (Å²) in [7, 11) is 0. The summed E-state index contributed by atoms with van der Waals surface area (Å²) >= 11 is 1.54. The molecule has 1 aromatic carbocycles. The van der Waals surface area contributed by atoms with Crippen molar-refractivity contribution in [1.29, 1.82) is 0 Å². The van der Waals surface area contributed by atoms with Crippen LogP contribution in [0.4, 0.5) is 4.39 Å². The zero-order valence-electron chi connectivity index (χ0n) is 9.70. The second kappa shape index (κ2) is 4.91. The molecule has 0 radical (unpaired) electrons. The average Bonchev–Trinajstić information content (AvgIpc) is 2.71. The highest BCUT2D eigenvalue weighted by atomic mass is 32.1. The number of hydrogen-bond donors (Lipinski definition) is 2. The zero-order valence-corrected chi connectivity index (χ0v) is 10.5. The lowest BCUT2D eigenvalue weighted by atomic mass is 10.0. The number of rotatable bonds is 3. The summed E-state index contributed by atoms with van der Waals surface area (Å²) in [5, 5.41) is 0. The van der Waals surface area contributed by atoms with Gasteiger partial charge in [-0.25, -0.2) is 14.8 Å². The Labute approximate surface area is 103 Å². The zero-order chi connectivity index (χ0) is 12.4. The molecule has 0 fully saturated rings. The van der Waals surface area contributed by atoms with Crippen molar-refractivity contribution < 1.29 is 4.39 Å². The molecular formula is C12H14FN3S. The van der Waals surface area contributed by atoms with Crippen molar-refractivity contribution >= 4 is 11.3 Å². The van der Waals surface area contributed by atoms with Crippen LogP contribution in [-0.2, 0) is 0 Å². The second-order valence-electron chi connectivity index (χ2n) is 3.91. The van der Waals surface area contributed by atoms with Crippen molar-refractivity contribution in [2.24, 2.45) is 5.84 Å². The normalized spacial score (nSPS) is 12.7. The van der Waals surface area contributed by atoms with E-state index in [-0.39, 0.29) is 11.9 Å². The van der Waals surface area contributed by atoms with Gasteiger partial charge in [0.05, 0.1) is 22.1 Å². The molecule has 0 aliphatic rings. The fourth-order valence-electron chi connectivity index (χ4n) is 1.76. The number of aryl methyl sites for hydroxylation is 2. The van der Waals surface area contributed by atoms with E-state index in [0.717, 1.165) is 16.1 Å². The summed E-state index contributed by atoms with van der Waals surface area (Å²) in [6, 6.07) is 4.87. The van der Waals surface area contributed by atoms with Crippen LogP contribution >= 0.6 is 11.3 Å². The first-order valence-electron chi connectivity index (χ1n) is 5.25. The number of nitrogens with one attached hydrogen (secondary N) is 1. The van der Waals surface area contributed by atoms with E-state index in [2.05, 4.69) is 10.4 Å². The van der Waals surface area contributed by atoms with Crippen LogP contribution in [0.15, 0.2) is 23.7 Å². The number of aromatic nitrogens is 1. The standard InChI is InChI=1S/C12H14FN3S/c1-7-5-9(3-4-10(7)13)11(16-14)12-8(2)15-6-17-12/h3-6,11,16H,14H2,1-2H3. The molecule has 0 saturated heterocycles. The van der Waals surface area contributed by atoms with Gasteiger partial charge in [-0.1, -0.05) is 12.1 Å². The molecule has 3 N–H and O–H groups in total.